The third-order valence-electron chi connectivity index (χ3n) is 9.89. The van der Waals surface area contributed by atoms with Gasteiger partial charge in [0.2, 0.25) is 0 Å². The Bertz CT molecular complexity index is 2810. The smallest absolute Gasteiger partial charge is 0.145 e. The molecule has 2 aliphatic rings. The summed E-state index contributed by atoms with van der Waals surface area (Å²) in [6.07, 6.45) is 0. The SMILES string of the molecule is N#CC(C#N)=C1c2cc(-c3ccc4ccccc4c3)ccc2-c2nc3c(nc21)-c1ccc(-c2ccc4ccccc4c2)cc1C3C(C#N)C#N. The van der Waals surface area contributed by atoms with Crippen LogP contribution in [0.1, 0.15) is 28.4 Å². The van der Waals surface area contributed by atoms with Crippen molar-refractivity contribution < 1.29 is 0 Å². The lowest BCUT2D eigenvalue weighted by Crippen LogP contribution is -2.11. The van der Waals surface area contributed by atoms with Crippen LogP contribution in [0.3, 0.4) is 0 Å². The second-order valence-corrected chi connectivity index (χ2v) is 12.5. The summed E-state index contributed by atoms with van der Waals surface area (Å²) in [6, 6.07) is 49.5. The molecule has 0 saturated heterocycles. The molecule has 50 heavy (non-hydrogen) atoms. The second-order valence-electron chi connectivity index (χ2n) is 12.5. The summed E-state index contributed by atoms with van der Waals surface area (Å²) in [5.74, 6) is -1.64. The van der Waals surface area contributed by atoms with Crippen molar-refractivity contribution in [2.45, 2.75) is 5.92 Å². The lowest BCUT2D eigenvalue weighted by molar-refractivity contribution is 0.704. The van der Waals surface area contributed by atoms with Gasteiger partial charge >= 0.3 is 0 Å². The maximum atomic E-state index is 10.2. The van der Waals surface area contributed by atoms with Gasteiger partial charge in [0.1, 0.15) is 23.6 Å². The molecular weight excluding hydrogens is 613 g/mol. The number of nitriles is 4. The first-order valence-electron chi connectivity index (χ1n) is 16.1. The Balaban J connectivity index is 1.22. The first-order valence-corrected chi connectivity index (χ1v) is 16.1. The van der Waals surface area contributed by atoms with Crippen LogP contribution in [0.5, 0.6) is 0 Å². The Labute approximate surface area is 287 Å². The lowest BCUT2D eigenvalue weighted by atomic mass is 9.86. The van der Waals surface area contributed by atoms with Crippen LogP contribution in [-0.2, 0) is 0 Å². The van der Waals surface area contributed by atoms with Crippen LogP contribution < -0.4 is 0 Å². The minimum Gasteiger partial charge on any atom is -0.247 e. The van der Waals surface area contributed by atoms with Crippen molar-refractivity contribution in [1.82, 2.24) is 9.97 Å². The van der Waals surface area contributed by atoms with Gasteiger partial charge in [-0.3, -0.25) is 0 Å². The van der Waals surface area contributed by atoms with E-state index in [4.69, 9.17) is 9.97 Å². The van der Waals surface area contributed by atoms with Crippen molar-refractivity contribution in [3.8, 4) is 69.0 Å². The van der Waals surface area contributed by atoms with Crippen molar-refractivity contribution in [2.75, 3.05) is 0 Å². The molecule has 0 aliphatic heterocycles. The number of aromatic nitrogens is 2. The van der Waals surface area contributed by atoms with Crippen LogP contribution in [0.25, 0.3) is 71.9 Å². The highest BCUT2D eigenvalue weighted by atomic mass is 14.9. The Hall–Kier alpha value is -7.38. The van der Waals surface area contributed by atoms with Crippen LogP contribution in [0.15, 0.2) is 127 Å². The van der Waals surface area contributed by atoms with Gasteiger partial charge in [-0.1, -0.05) is 97.1 Å². The van der Waals surface area contributed by atoms with E-state index in [0.29, 0.717) is 33.9 Å². The molecule has 0 amide bonds. The van der Waals surface area contributed by atoms with Gasteiger partial charge in [-0.15, -0.1) is 0 Å². The predicted octanol–water partition coefficient (Wildman–Crippen LogP) is 9.72. The summed E-state index contributed by atoms with van der Waals surface area (Å²) in [4.78, 5) is 10.3. The summed E-state index contributed by atoms with van der Waals surface area (Å²) in [6.45, 7) is 0. The highest BCUT2D eigenvalue weighted by Crippen LogP contribution is 2.52. The molecule has 0 spiro atoms. The average molecular weight is 635 g/mol. The number of nitrogens with zero attached hydrogens (tertiary/aromatic N) is 6. The standard InChI is InChI=1S/C44H22N6/c45-21-33(22-46)39-37-19-31(29-11-9-25-5-1-3-7-27(25)17-29)13-15-35(37)41-43(39)50-42-36-16-14-32(30-12-10-26-6-2-4-8-28(26)18-30)20-38(36)40(44(42)49-41)34(23-47)24-48/h1-20,33,39H. The molecule has 1 atom stereocenters. The molecule has 1 aromatic heterocycles. The molecule has 0 radical (unpaired) electrons. The Kier molecular flexibility index (Phi) is 6.40. The van der Waals surface area contributed by atoms with E-state index in [1.807, 2.05) is 60.7 Å². The van der Waals surface area contributed by atoms with Gasteiger partial charge in [0.05, 0.1) is 40.8 Å². The molecular formula is C44H22N6. The largest absolute Gasteiger partial charge is 0.247 e. The topological polar surface area (TPSA) is 121 Å². The number of benzene rings is 6. The van der Waals surface area contributed by atoms with Gasteiger partial charge in [-0.2, -0.15) is 21.0 Å². The molecule has 9 rings (SSSR count). The zero-order valence-corrected chi connectivity index (χ0v) is 26.4. The summed E-state index contributed by atoms with van der Waals surface area (Å²) < 4.78 is 0. The summed E-state index contributed by atoms with van der Waals surface area (Å²) in [5, 5.41) is 45.1. The predicted molar refractivity (Wildman–Crippen MR) is 193 cm³/mol. The van der Waals surface area contributed by atoms with E-state index in [1.54, 1.807) is 0 Å². The molecule has 6 aromatic carbocycles. The molecule has 6 nitrogen and oxygen atoms in total. The van der Waals surface area contributed by atoms with E-state index < -0.39 is 11.8 Å². The highest BCUT2D eigenvalue weighted by Gasteiger charge is 2.41. The minimum absolute atomic E-state index is 0.0525. The maximum absolute atomic E-state index is 10.2. The molecule has 0 fully saturated rings. The van der Waals surface area contributed by atoms with Gasteiger partial charge < -0.3 is 0 Å². The van der Waals surface area contributed by atoms with Gasteiger partial charge in [-0.25, -0.2) is 9.97 Å². The van der Waals surface area contributed by atoms with E-state index >= 15 is 0 Å². The fourth-order valence-corrected chi connectivity index (χ4v) is 7.50. The van der Waals surface area contributed by atoms with Crippen LogP contribution in [0.4, 0.5) is 0 Å². The third kappa shape index (κ3) is 4.24. The molecule has 0 N–H and O–H groups in total. The van der Waals surface area contributed by atoms with E-state index in [2.05, 4.69) is 84.9 Å². The Morgan fingerprint density at radius 2 is 1.04 bits per heavy atom. The quantitative estimate of drug-likeness (QED) is 0.178. The molecule has 1 heterocycles. The summed E-state index contributed by atoms with van der Waals surface area (Å²) >= 11 is 0. The normalized spacial score (nSPS) is 13.5. The maximum Gasteiger partial charge on any atom is 0.145 e. The number of hydrogen-bond acceptors (Lipinski definition) is 6. The van der Waals surface area contributed by atoms with Crippen LogP contribution in [0, 0.1) is 51.2 Å². The van der Waals surface area contributed by atoms with Crippen molar-refractivity contribution >= 4 is 27.1 Å². The van der Waals surface area contributed by atoms with Crippen molar-refractivity contribution in [3.63, 3.8) is 0 Å². The number of hydrogen-bond donors (Lipinski definition) is 0. The zero-order chi connectivity index (χ0) is 33.9. The first kappa shape index (κ1) is 28.8. The Morgan fingerprint density at radius 1 is 0.500 bits per heavy atom. The van der Waals surface area contributed by atoms with Crippen LogP contribution >= 0.6 is 0 Å². The zero-order valence-electron chi connectivity index (χ0n) is 26.4. The molecule has 2 aliphatic carbocycles. The van der Waals surface area contributed by atoms with Crippen molar-refractivity contribution in [1.29, 1.82) is 21.0 Å². The van der Waals surface area contributed by atoms with E-state index in [-0.39, 0.29) is 5.57 Å². The fraction of sp³-hybridized carbons (Fsp3) is 0.0455. The number of rotatable bonds is 3. The lowest BCUT2D eigenvalue weighted by Gasteiger charge is -2.14. The van der Waals surface area contributed by atoms with Crippen LogP contribution in [0.2, 0.25) is 0 Å². The van der Waals surface area contributed by atoms with E-state index in [9.17, 15) is 21.0 Å². The molecule has 7 aromatic rings. The summed E-state index contributed by atoms with van der Waals surface area (Å²) in [5.41, 5.74) is 9.41. The minimum atomic E-state index is -1.01. The first-order chi connectivity index (χ1) is 24.6. The second kappa shape index (κ2) is 11.1. The Morgan fingerprint density at radius 3 is 1.64 bits per heavy atom. The molecule has 0 bridgehead atoms. The molecule has 6 heteroatoms. The highest BCUT2D eigenvalue weighted by molar-refractivity contribution is 6.04. The molecule has 0 saturated carbocycles. The monoisotopic (exact) mass is 634 g/mol. The van der Waals surface area contributed by atoms with Gasteiger partial charge in [-0.05, 0) is 79.2 Å². The third-order valence-corrected chi connectivity index (χ3v) is 9.89. The van der Waals surface area contributed by atoms with Gasteiger partial charge in [0, 0.05) is 16.7 Å². The average Bonchev–Trinajstić information content (AvgIpc) is 3.65. The van der Waals surface area contributed by atoms with Gasteiger partial charge in [0.25, 0.3) is 0 Å². The fourth-order valence-electron chi connectivity index (χ4n) is 7.50. The van der Waals surface area contributed by atoms with E-state index in [1.165, 1.54) is 0 Å². The van der Waals surface area contributed by atoms with Crippen molar-refractivity contribution in [3.05, 3.63) is 149 Å². The molecule has 1 unspecified atom stereocenters. The number of fused-ring (bicyclic) bond motifs is 8. The van der Waals surface area contributed by atoms with Gasteiger partial charge in [0.15, 0.2) is 0 Å². The molecule has 228 valence electrons. The van der Waals surface area contributed by atoms with Crippen LogP contribution in [-0.4, -0.2) is 9.97 Å². The van der Waals surface area contributed by atoms with Crippen molar-refractivity contribution in [2.24, 2.45) is 5.92 Å². The van der Waals surface area contributed by atoms with E-state index in [0.717, 1.165) is 60.5 Å². The summed E-state index contributed by atoms with van der Waals surface area (Å²) in [7, 11) is 0. The number of allylic oxidation sites excluding steroid dienone is 1.